The molecule has 0 saturated heterocycles. The van der Waals surface area contributed by atoms with Crippen molar-refractivity contribution < 1.29 is 14.3 Å². The molecule has 0 aliphatic carbocycles. The topological polar surface area (TPSA) is 69.9 Å². The van der Waals surface area contributed by atoms with Gasteiger partial charge in [0.25, 0.3) is 5.56 Å². The molecule has 0 spiro atoms. The van der Waals surface area contributed by atoms with Crippen molar-refractivity contribution >= 4 is 91.8 Å². The second kappa shape index (κ2) is 13.0. The molecule has 1 aliphatic heterocycles. The highest BCUT2D eigenvalue weighted by Crippen LogP contribution is 2.35. The number of esters is 1. The molecule has 0 unspecified atom stereocenters. The van der Waals surface area contributed by atoms with Crippen LogP contribution in [0.3, 0.4) is 0 Å². The first-order valence-corrected chi connectivity index (χ1v) is 16.2. The molecule has 4 aromatic rings. The van der Waals surface area contributed by atoms with Crippen LogP contribution in [0.4, 0.5) is 0 Å². The highest BCUT2D eigenvalue weighted by atomic mass is 127. The van der Waals surface area contributed by atoms with Crippen LogP contribution in [0.1, 0.15) is 36.6 Å². The molecule has 2 heterocycles. The molecule has 3 aromatic carbocycles. The number of aromatic nitrogens is 1. The molecule has 0 fully saturated rings. The number of ether oxygens (including phenoxy) is 2. The second-order valence-corrected chi connectivity index (χ2v) is 13.2. The predicted molar refractivity (Wildman–Crippen MR) is 180 cm³/mol. The summed E-state index contributed by atoms with van der Waals surface area (Å²) in [6.45, 7) is 3.95. The van der Waals surface area contributed by atoms with Gasteiger partial charge >= 0.3 is 5.97 Å². The molecule has 210 valence electrons. The van der Waals surface area contributed by atoms with Crippen molar-refractivity contribution in [3.8, 4) is 5.75 Å². The first kappa shape index (κ1) is 30.3. The minimum absolute atomic E-state index is 0.192. The monoisotopic (exact) mass is 830 g/mol. The fourth-order valence-electron chi connectivity index (χ4n) is 4.53. The van der Waals surface area contributed by atoms with Gasteiger partial charge in [0.15, 0.2) is 4.80 Å². The maximum Gasteiger partial charge on any atom is 0.338 e. The van der Waals surface area contributed by atoms with E-state index in [0.29, 0.717) is 36.4 Å². The molecule has 0 saturated carbocycles. The van der Waals surface area contributed by atoms with Gasteiger partial charge in [-0.05, 0) is 94.9 Å². The summed E-state index contributed by atoms with van der Waals surface area (Å²) in [5.74, 6) is 0.109. The molecule has 6 nitrogen and oxygen atoms in total. The largest absolute Gasteiger partial charge is 0.487 e. The van der Waals surface area contributed by atoms with Crippen LogP contribution in [0.25, 0.3) is 6.08 Å². The van der Waals surface area contributed by atoms with Crippen molar-refractivity contribution in [2.45, 2.75) is 26.5 Å². The number of fused-ring (bicyclic) bond motifs is 1. The summed E-state index contributed by atoms with van der Waals surface area (Å²) in [5, 5.41) is 1.06. The number of benzene rings is 3. The summed E-state index contributed by atoms with van der Waals surface area (Å²) < 4.78 is 15.5. The minimum Gasteiger partial charge on any atom is -0.487 e. The van der Waals surface area contributed by atoms with Gasteiger partial charge in [-0.2, -0.15) is 0 Å². The van der Waals surface area contributed by atoms with Crippen molar-refractivity contribution in [3.63, 3.8) is 0 Å². The van der Waals surface area contributed by atoms with Gasteiger partial charge < -0.3 is 9.47 Å². The average Bonchev–Trinajstić information content (AvgIpc) is 3.22. The molecule has 0 bridgehead atoms. The van der Waals surface area contributed by atoms with Crippen molar-refractivity contribution in [2.24, 2.45) is 4.99 Å². The van der Waals surface area contributed by atoms with E-state index in [1.54, 1.807) is 26.0 Å². The smallest absolute Gasteiger partial charge is 0.338 e. The van der Waals surface area contributed by atoms with Crippen LogP contribution in [-0.4, -0.2) is 17.1 Å². The second-order valence-electron chi connectivity index (χ2n) is 9.01. The first-order valence-electron chi connectivity index (χ1n) is 12.5. The Bertz CT molecular complexity index is 1880. The summed E-state index contributed by atoms with van der Waals surface area (Å²) >= 11 is 18.7. The van der Waals surface area contributed by atoms with Gasteiger partial charge in [0.05, 0.1) is 26.0 Å². The van der Waals surface area contributed by atoms with Crippen LogP contribution in [0, 0.1) is 7.14 Å². The quantitative estimate of drug-likeness (QED) is 0.150. The molecule has 0 N–H and O–H groups in total. The fourth-order valence-corrected chi connectivity index (χ4v) is 8.04. The van der Waals surface area contributed by atoms with Crippen LogP contribution in [0.2, 0.25) is 10.0 Å². The van der Waals surface area contributed by atoms with Crippen molar-refractivity contribution in [1.82, 2.24) is 4.57 Å². The summed E-state index contributed by atoms with van der Waals surface area (Å²) in [7, 11) is 0. The zero-order valence-electron chi connectivity index (χ0n) is 21.8. The van der Waals surface area contributed by atoms with Crippen LogP contribution in [0.15, 0.2) is 81.7 Å². The van der Waals surface area contributed by atoms with E-state index in [4.69, 9.17) is 32.7 Å². The lowest BCUT2D eigenvalue weighted by Crippen LogP contribution is -2.40. The SMILES string of the molecule is CCOC(=O)C1=C(C)N=c2s/c(=C\c3cc(I)cc(I)c3OCc3ccccc3Cl)c(=O)n2[C@H]1c1ccccc1Cl. The Labute approximate surface area is 277 Å². The Hall–Kier alpha value is -2.19. The number of nitrogens with zero attached hydrogens (tertiary/aromatic N) is 2. The van der Waals surface area contributed by atoms with E-state index >= 15 is 0 Å². The lowest BCUT2D eigenvalue weighted by Gasteiger charge is -2.25. The zero-order chi connectivity index (χ0) is 29.3. The molecule has 5 rings (SSSR count). The molecule has 0 radical (unpaired) electrons. The van der Waals surface area contributed by atoms with Crippen LogP contribution >= 0.6 is 79.7 Å². The maximum atomic E-state index is 14.1. The lowest BCUT2D eigenvalue weighted by atomic mass is 9.96. The van der Waals surface area contributed by atoms with Gasteiger partial charge in [-0.15, -0.1) is 0 Å². The molecular weight excluding hydrogens is 809 g/mol. The van der Waals surface area contributed by atoms with Gasteiger partial charge in [-0.1, -0.05) is 70.9 Å². The van der Waals surface area contributed by atoms with Gasteiger partial charge in [-0.25, -0.2) is 9.79 Å². The Balaban J connectivity index is 1.67. The van der Waals surface area contributed by atoms with E-state index in [9.17, 15) is 9.59 Å². The zero-order valence-corrected chi connectivity index (χ0v) is 28.4. The number of hydrogen-bond acceptors (Lipinski definition) is 6. The number of halogens is 4. The molecule has 1 atom stereocenters. The number of carbonyl (C=O) groups is 1. The standard InChI is InChI=1S/C30H22Cl2I2N2O4S/c1-3-39-29(38)25-16(2)35-30-36(26(25)20-9-5-7-11-22(20)32)28(37)24(41-30)13-18-12-19(33)14-23(34)27(18)40-15-17-8-4-6-10-21(17)31/h4-14,26H,3,15H2,1-2H3/b24-13-/t26-/m0/s1. The molecule has 41 heavy (non-hydrogen) atoms. The van der Waals surface area contributed by atoms with E-state index in [1.165, 1.54) is 15.9 Å². The molecular formula is C30H22Cl2I2N2O4S. The molecule has 1 aromatic heterocycles. The minimum atomic E-state index is -0.784. The van der Waals surface area contributed by atoms with Gasteiger partial charge in [-0.3, -0.25) is 9.36 Å². The van der Waals surface area contributed by atoms with E-state index in [2.05, 4.69) is 50.2 Å². The van der Waals surface area contributed by atoms with Crippen molar-refractivity contribution in [2.75, 3.05) is 6.61 Å². The number of carbonyl (C=O) groups excluding carboxylic acids is 1. The van der Waals surface area contributed by atoms with Gasteiger partial charge in [0, 0.05) is 24.7 Å². The van der Waals surface area contributed by atoms with E-state index in [-0.39, 0.29) is 24.3 Å². The molecule has 0 amide bonds. The third-order valence-corrected chi connectivity index (χ3v) is 9.49. The lowest BCUT2D eigenvalue weighted by molar-refractivity contribution is -0.139. The Morgan fingerprint density at radius 3 is 2.51 bits per heavy atom. The predicted octanol–water partition coefficient (Wildman–Crippen LogP) is 6.89. The van der Waals surface area contributed by atoms with Crippen LogP contribution < -0.4 is 19.6 Å². The van der Waals surface area contributed by atoms with E-state index in [0.717, 1.165) is 18.3 Å². The van der Waals surface area contributed by atoms with Crippen molar-refractivity contribution in [3.05, 3.63) is 125 Å². The summed E-state index contributed by atoms with van der Waals surface area (Å²) in [5.41, 5.74) is 2.69. The third kappa shape index (κ3) is 6.29. The summed E-state index contributed by atoms with van der Waals surface area (Å²) in [4.78, 5) is 32.3. The maximum absolute atomic E-state index is 14.1. The summed E-state index contributed by atoms with van der Waals surface area (Å²) in [6, 6.07) is 17.9. The number of hydrogen-bond donors (Lipinski definition) is 0. The van der Waals surface area contributed by atoms with Gasteiger partial charge in [0.2, 0.25) is 0 Å². The Morgan fingerprint density at radius 2 is 1.80 bits per heavy atom. The summed E-state index contributed by atoms with van der Waals surface area (Å²) in [6.07, 6.45) is 1.81. The molecule has 1 aliphatic rings. The van der Waals surface area contributed by atoms with Crippen molar-refractivity contribution in [1.29, 1.82) is 0 Å². The number of rotatable bonds is 7. The molecule has 11 heteroatoms. The highest BCUT2D eigenvalue weighted by Gasteiger charge is 2.34. The number of thiazole rings is 1. The first-order chi connectivity index (χ1) is 19.7. The number of allylic oxidation sites excluding steroid dienone is 1. The highest BCUT2D eigenvalue weighted by molar-refractivity contribution is 14.1. The normalized spacial score (nSPS) is 15.0. The average molecular weight is 831 g/mol. The van der Waals surface area contributed by atoms with Crippen LogP contribution in [0.5, 0.6) is 5.75 Å². The Morgan fingerprint density at radius 1 is 1.10 bits per heavy atom. The van der Waals surface area contributed by atoms with E-state index < -0.39 is 12.0 Å². The van der Waals surface area contributed by atoms with Gasteiger partial charge in [0.1, 0.15) is 18.4 Å². The Kier molecular flexibility index (Phi) is 9.59. The third-order valence-electron chi connectivity index (χ3n) is 6.37. The van der Waals surface area contributed by atoms with E-state index in [1.807, 2.05) is 54.6 Å². The van der Waals surface area contributed by atoms with Crippen LogP contribution in [-0.2, 0) is 16.1 Å². The fraction of sp³-hybridized carbons (Fsp3) is 0.167.